The summed E-state index contributed by atoms with van der Waals surface area (Å²) in [5.41, 5.74) is 3.81. The molecule has 0 atom stereocenters. The number of rotatable bonds is 5. The molecular weight excluding hydrogens is 331 g/mol. The normalized spacial score (nSPS) is 9.70. The Balaban J connectivity index is 0. The monoisotopic (exact) mass is 374 g/mol. The Morgan fingerprint density at radius 1 is 0.704 bits per heavy atom. The first-order chi connectivity index (χ1) is 12.9. The Labute approximate surface area is 169 Å². The molecule has 2 aromatic rings. The maximum absolute atomic E-state index is 13.4. The van der Waals surface area contributed by atoms with Crippen molar-refractivity contribution >= 4 is 0 Å². The predicted molar refractivity (Wildman–Crippen MR) is 122 cm³/mol. The zero-order valence-electron chi connectivity index (χ0n) is 19.3. The fourth-order valence-electron chi connectivity index (χ4n) is 2.60. The molecule has 0 saturated carbocycles. The van der Waals surface area contributed by atoms with Gasteiger partial charge in [0.25, 0.3) is 0 Å². The Kier molecular flexibility index (Phi) is 16.9. The molecule has 2 rings (SSSR count). The first-order valence-corrected chi connectivity index (χ1v) is 10.8. The van der Waals surface area contributed by atoms with Crippen LogP contribution >= 0.6 is 0 Å². The van der Waals surface area contributed by atoms with Gasteiger partial charge in [0, 0.05) is 0 Å². The quantitative estimate of drug-likeness (QED) is 0.491. The maximum atomic E-state index is 13.4. The summed E-state index contributed by atoms with van der Waals surface area (Å²) < 4.78 is 13.4. The van der Waals surface area contributed by atoms with Crippen LogP contribution in [0, 0.1) is 0 Å². The topological polar surface area (TPSA) is 0 Å². The van der Waals surface area contributed by atoms with Gasteiger partial charge in [-0.05, 0) is 55.4 Å². The van der Waals surface area contributed by atoms with E-state index in [0.29, 0.717) is 0 Å². The minimum atomic E-state index is -1.22. The van der Waals surface area contributed by atoms with Gasteiger partial charge < -0.3 is 0 Å². The number of aryl methyl sites for hydroxylation is 3. The summed E-state index contributed by atoms with van der Waals surface area (Å²) in [5, 5.41) is 0. The molecule has 0 nitrogen and oxygen atoms in total. The zero-order valence-corrected chi connectivity index (χ0v) is 19.3. The lowest BCUT2D eigenvalue weighted by atomic mass is 9.98. The van der Waals surface area contributed by atoms with Gasteiger partial charge in [0.15, 0.2) is 0 Å². The standard InChI is InChI=1S/C12H17F.C10H14.2C2H6/c1-4-5-10-6-8-11(9-7-10)12(2,3)13;1-3-9-7-5-6-8-10(9)4-2;2*1-2/h6-9H,4-5H2,1-3H3;5-8H,3-4H2,1-2H3;2*1-2H3. The van der Waals surface area contributed by atoms with Crippen LogP contribution in [0.15, 0.2) is 48.5 Å². The van der Waals surface area contributed by atoms with Crippen molar-refractivity contribution in [1.82, 2.24) is 0 Å². The number of hydrogen-bond acceptors (Lipinski definition) is 0. The summed E-state index contributed by atoms with van der Waals surface area (Å²) in [6.07, 6.45) is 4.53. The highest BCUT2D eigenvalue weighted by molar-refractivity contribution is 5.27. The number of alkyl halides is 1. The molecule has 0 unspecified atom stereocenters. The van der Waals surface area contributed by atoms with Crippen LogP contribution < -0.4 is 0 Å². The van der Waals surface area contributed by atoms with Crippen LogP contribution in [0.3, 0.4) is 0 Å². The second-order valence-electron chi connectivity index (χ2n) is 6.40. The molecular formula is C26H43F. The summed E-state index contributed by atoms with van der Waals surface area (Å²) in [6.45, 7) is 17.7. The fourth-order valence-corrected chi connectivity index (χ4v) is 2.60. The molecule has 0 heterocycles. The molecule has 0 aliphatic carbocycles. The molecule has 1 heteroatoms. The Hall–Kier alpha value is -1.63. The molecule has 0 N–H and O–H groups in total. The lowest BCUT2D eigenvalue weighted by molar-refractivity contribution is 0.221. The van der Waals surface area contributed by atoms with E-state index in [-0.39, 0.29) is 0 Å². The second kappa shape index (κ2) is 16.5. The zero-order chi connectivity index (χ0) is 21.3. The van der Waals surface area contributed by atoms with Gasteiger partial charge in [-0.25, -0.2) is 4.39 Å². The summed E-state index contributed by atoms with van der Waals surface area (Å²) in [5.74, 6) is 0. The Morgan fingerprint density at radius 2 is 1.11 bits per heavy atom. The van der Waals surface area contributed by atoms with E-state index in [9.17, 15) is 4.39 Å². The molecule has 0 aromatic heterocycles. The van der Waals surface area contributed by atoms with Crippen molar-refractivity contribution in [3.05, 3.63) is 70.8 Å². The summed E-state index contributed by atoms with van der Waals surface area (Å²) in [7, 11) is 0. The van der Waals surface area contributed by atoms with Gasteiger partial charge in [0.2, 0.25) is 0 Å². The minimum Gasteiger partial charge on any atom is -0.239 e. The highest BCUT2D eigenvalue weighted by Gasteiger charge is 2.17. The third-order valence-corrected chi connectivity index (χ3v) is 4.06. The van der Waals surface area contributed by atoms with Crippen LogP contribution in [0.4, 0.5) is 4.39 Å². The summed E-state index contributed by atoms with van der Waals surface area (Å²) >= 11 is 0. The van der Waals surface area contributed by atoms with E-state index in [2.05, 4.69) is 45.0 Å². The average molecular weight is 375 g/mol. The van der Waals surface area contributed by atoms with Crippen molar-refractivity contribution < 1.29 is 4.39 Å². The van der Waals surface area contributed by atoms with E-state index in [1.54, 1.807) is 13.8 Å². The van der Waals surface area contributed by atoms with Gasteiger partial charge in [0.05, 0.1) is 0 Å². The Morgan fingerprint density at radius 3 is 1.41 bits per heavy atom. The molecule has 0 amide bonds. The second-order valence-corrected chi connectivity index (χ2v) is 6.40. The third-order valence-electron chi connectivity index (χ3n) is 4.06. The van der Waals surface area contributed by atoms with Crippen LogP contribution in [0.25, 0.3) is 0 Å². The largest absolute Gasteiger partial charge is 0.239 e. The van der Waals surface area contributed by atoms with E-state index in [1.165, 1.54) is 16.7 Å². The van der Waals surface area contributed by atoms with Crippen LogP contribution in [-0.2, 0) is 24.9 Å². The number of hydrogen-bond donors (Lipinski definition) is 0. The fraction of sp³-hybridized carbons (Fsp3) is 0.538. The first-order valence-electron chi connectivity index (χ1n) is 10.8. The van der Waals surface area contributed by atoms with E-state index < -0.39 is 5.67 Å². The van der Waals surface area contributed by atoms with Crippen molar-refractivity contribution in [1.29, 1.82) is 0 Å². The highest BCUT2D eigenvalue weighted by Crippen LogP contribution is 2.24. The third kappa shape index (κ3) is 11.6. The SMILES string of the molecule is CC.CC.CCCc1ccc(C(C)(C)F)cc1.CCc1ccccc1CC. The highest BCUT2D eigenvalue weighted by atomic mass is 19.1. The van der Waals surface area contributed by atoms with Gasteiger partial charge in [0.1, 0.15) is 5.67 Å². The molecule has 0 bridgehead atoms. The first kappa shape index (κ1) is 27.6. The average Bonchev–Trinajstić information content (AvgIpc) is 2.71. The van der Waals surface area contributed by atoms with Gasteiger partial charge in [-0.1, -0.05) is 103 Å². The van der Waals surface area contributed by atoms with Crippen LogP contribution in [0.1, 0.15) is 91.0 Å². The predicted octanol–water partition coefficient (Wildman–Crippen LogP) is 8.71. The molecule has 0 spiro atoms. The molecule has 0 aliphatic heterocycles. The number of benzene rings is 2. The number of halogens is 1. The molecule has 2 aromatic carbocycles. The van der Waals surface area contributed by atoms with Gasteiger partial charge in [-0.2, -0.15) is 0 Å². The minimum absolute atomic E-state index is 0.757. The van der Waals surface area contributed by atoms with Crippen molar-refractivity contribution in [2.24, 2.45) is 0 Å². The lowest BCUT2D eigenvalue weighted by Crippen LogP contribution is -2.08. The van der Waals surface area contributed by atoms with Crippen LogP contribution in [0.5, 0.6) is 0 Å². The van der Waals surface area contributed by atoms with Crippen molar-refractivity contribution in [2.45, 2.75) is 93.7 Å². The van der Waals surface area contributed by atoms with E-state index in [0.717, 1.165) is 31.2 Å². The molecule has 0 fully saturated rings. The summed E-state index contributed by atoms with van der Waals surface area (Å²) in [4.78, 5) is 0. The summed E-state index contributed by atoms with van der Waals surface area (Å²) in [6, 6.07) is 16.4. The van der Waals surface area contributed by atoms with Gasteiger partial charge >= 0.3 is 0 Å². The maximum Gasteiger partial charge on any atom is 0.130 e. The van der Waals surface area contributed by atoms with Gasteiger partial charge in [-0.15, -0.1) is 0 Å². The van der Waals surface area contributed by atoms with Crippen LogP contribution in [0.2, 0.25) is 0 Å². The van der Waals surface area contributed by atoms with Crippen molar-refractivity contribution in [3.63, 3.8) is 0 Å². The van der Waals surface area contributed by atoms with Crippen molar-refractivity contribution in [3.8, 4) is 0 Å². The molecule has 0 aliphatic rings. The molecule has 27 heavy (non-hydrogen) atoms. The van der Waals surface area contributed by atoms with E-state index in [1.807, 2.05) is 52.0 Å². The Bertz CT molecular complexity index is 539. The van der Waals surface area contributed by atoms with Gasteiger partial charge in [-0.3, -0.25) is 0 Å². The van der Waals surface area contributed by atoms with E-state index in [4.69, 9.17) is 0 Å². The molecule has 0 saturated heterocycles. The van der Waals surface area contributed by atoms with E-state index >= 15 is 0 Å². The van der Waals surface area contributed by atoms with Crippen LogP contribution in [-0.4, -0.2) is 0 Å². The molecule has 154 valence electrons. The lowest BCUT2D eigenvalue weighted by Gasteiger charge is -2.14. The smallest absolute Gasteiger partial charge is 0.130 e. The molecule has 0 radical (unpaired) electrons. The van der Waals surface area contributed by atoms with Crippen molar-refractivity contribution in [2.75, 3.05) is 0 Å².